The lowest BCUT2D eigenvalue weighted by molar-refractivity contribution is -0.121. The van der Waals surface area contributed by atoms with Crippen molar-refractivity contribution < 1.29 is 23.9 Å². The molecular weight excluding hydrogens is 412 g/mol. The SMILES string of the molecule is COc1ccc(NC(=O)[C@@H]2CCCN(C(=O)N3CCCC3)C2)cc1NC(=O)OC(C)(C)C. The van der Waals surface area contributed by atoms with Crippen LogP contribution in [0.4, 0.5) is 21.0 Å². The van der Waals surface area contributed by atoms with Crippen LogP contribution in [0.2, 0.25) is 0 Å². The van der Waals surface area contributed by atoms with Crippen LogP contribution in [0.5, 0.6) is 5.75 Å². The summed E-state index contributed by atoms with van der Waals surface area (Å²) in [7, 11) is 1.50. The average molecular weight is 447 g/mol. The summed E-state index contributed by atoms with van der Waals surface area (Å²) in [5.74, 6) is 0.0332. The summed E-state index contributed by atoms with van der Waals surface area (Å²) in [6.07, 6.45) is 3.00. The molecule has 0 bridgehead atoms. The second-order valence-corrected chi connectivity index (χ2v) is 9.29. The molecule has 32 heavy (non-hydrogen) atoms. The van der Waals surface area contributed by atoms with Gasteiger partial charge in [0.15, 0.2) is 0 Å². The number of carbonyl (C=O) groups is 3. The van der Waals surface area contributed by atoms with Crippen molar-refractivity contribution in [2.24, 2.45) is 5.92 Å². The summed E-state index contributed by atoms with van der Waals surface area (Å²) in [6, 6.07) is 5.06. The number of urea groups is 1. The highest BCUT2D eigenvalue weighted by Gasteiger charge is 2.31. The topological polar surface area (TPSA) is 100 Å². The van der Waals surface area contributed by atoms with Crippen molar-refractivity contribution in [3.05, 3.63) is 18.2 Å². The summed E-state index contributed by atoms with van der Waals surface area (Å²) in [6.45, 7) is 8.04. The molecule has 2 N–H and O–H groups in total. The van der Waals surface area contributed by atoms with Crippen LogP contribution in [-0.2, 0) is 9.53 Å². The Morgan fingerprint density at radius 3 is 2.34 bits per heavy atom. The van der Waals surface area contributed by atoms with Crippen molar-refractivity contribution in [1.82, 2.24) is 9.80 Å². The molecule has 176 valence electrons. The molecule has 0 aromatic heterocycles. The second kappa shape index (κ2) is 10.1. The zero-order valence-corrected chi connectivity index (χ0v) is 19.4. The number of piperidine rings is 1. The fourth-order valence-corrected chi connectivity index (χ4v) is 4.01. The highest BCUT2D eigenvalue weighted by Crippen LogP contribution is 2.29. The van der Waals surface area contributed by atoms with Gasteiger partial charge in [-0.15, -0.1) is 0 Å². The van der Waals surface area contributed by atoms with Crippen molar-refractivity contribution in [2.45, 2.75) is 52.1 Å². The Hall–Kier alpha value is -2.97. The highest BCUT2D eigenvalue weighted by molar-refractivity contribution is 5.95. The van der Waals surface area contributed by atoms with Gasteiger partial charge < -0.3 is 24.6 Å². The lowest BCUT2D eigenvalue weighted by atomic mass is 9.97. The number of likely N-dealkylation sites (tertiary alicyclic amines) is 2. The van der Waals surface area contributed by atoms with E-state index >= 15 is 0 Å². The summed E-state index contributed by atoms with van der Waals surface area (Å²) in [5.41, 5.74) is 0.293. The van der Waals surface area contributed by atoms with E-state index in [-0.39, 0.29) is 17.9 Å². The monoisotopic (exact) mass is 446 g/mol. The molecule has 2 aliphatic rings. The smallest absolute Gasteiger partial charge is 0.412 e. The van der Waals surface area contributed by atoms with E-state index in [4.69, 9.17) is 9.47 Å². The van der Waals surface area contributed by atoms with Crippen molar-refractivity contribution in [2.75, 3.05) is 43.9 Å². The average Bonchev–Trinajstić information content (AvgIpc) is 3.27. The molecule has 0 aliphatic carbocycles. The summed E-state index contributed by atoms with van der Waals surface area (Å²) >= 11 is 0. The molecule has 1 aromatic carbocycles. The molecule has 2 saturated heterocycles. The Morgan fingerprint density at radius 1 is 1.00 bits per heavy atom. The van der Waals surface area contributed by atoms with Gasteiger partial charge in [-0.05, 0) is 64.7 Å². The Morgan fingerprint density at radius 2 is 1.69 bits per heavy atom. The molecule has 0 saturated carbocycles. The van der Waals surface area contributed by atoms with E-state index in [1.807, 2.05) is 4.90 Å². The van der Waals surface area contributed by atoms with Gasteiger partial charge in [0, 0.05) is 31.9 Å². The van der Waals surface area contributed by atoms with E-state index in [2.05, 4.69) is 10.6 Å². The minimum atomic E-state index is -0.636. The first-order chi connectivity index (χ1) is 15.2. The quantitative estimate of drug-likeness (QED) is 0.730. The normalized spacial score (nSPS) is 18.8. The number of methoxy groups -OCH3 is 1. The van der Waals surface area contributed by atoms with E-state index in [0.717, 1.165) is 38.8 Å². The van der Waals surface area contributed by atoms with E-state index in [1.165, 1.54) is 7.11 Å². The van der Waals surface area contributed by atoms with Crippen LogP contribution in [0.1, 0.15) is 46.5 Å². The lowest BCUT2D eigenvalue weighted by Crippen LogP contribution is -2.48. The zero-order valence-electron chi connectivity index (χ0n) is 19.4. The van der Waals surface area contributed by atoms with E-state index in [1.54, 1.807) is 43.9 Å². The summed E-state index contributed by atoms with van der Waals surface area (Å²) in [5, 5.41) is 5.58. The molecule has 4 amide bonds. The van der Waals surface area contributed by atoms with Gasteiger partial charge in [-0.2, -0.15) is 0 Å². The molecular formula is C23H34N4O5. The Kier molecular flexibility index (Phi) is 7.48. The third-order valence-corrected chi connectivity index (χ3v) is 5.54. The van der Waals surface area contributed by atoms with Gasteiger partial charge in [0.1, 0.15) is 11.4 Å². The molecule has 2 fully saturated rings. The Balaban J connectivity index is 1.63. The van der Waals surface area contributed by atoms with E-state index < -0.39 is 11.7 Å². The van der Waals surface area contributed by atoms with Gasteiger partial charge in [-0.1, -0.05) is 0 Å². The summed E-state index contributed by atoms with van der Waals surface area (Å²) in [4.78, 5) is 41.5. The number of hydrogen-bond donors (Lipinski definition) is 2. The van der Waals surface area contributed by atoms with Crippen LogP contribution in [-0.4, -0.2) is 66.7 Å². The van der Waals surface area contributed by atoms with Crippen LogP contribution in [0.25, 0.3) is 0 Å². The van der Waals surface area contributed by atoms with E-state index in [0.29, 0.717) is 30.2 Å². The van der Waals surface area contributed by atoms with Crippen molar-refractivity contribution >= 4 is 29.4 Å². The number of benzene rings is 1. The highest BCUT2D eigenvalue weighted by atomic mass is 16.6. The van der Waals surface area contributed by atoms with Crippen molar-refractivity contribution in [1.29, 1.82) is 0 Å². The molecule has 3 rings (SSSR count). The summed E-state index contributed by atoms with van der Waals surface area (Å²) < 4.78 is 10.6. The number of nitrogens with one attached hydrogen (secondary N) is 2. The first kappa shape index (κ1) is 23.7. The maximum atomic E-state index is 12.9. The Labute approximate surface area is 189 Å². The van der Waals surface area contributed by atoms with Crippen LogP contribution in [0.3, 0.4) is 0 Å². The van der Waals surface area contributed by atoms with Gasteiger partial charge in [0.05, 0.1) is 18.7 Å². The number of amides is 4. The van der Waals surface area contributed by atoms with Crippen LogP contribution in [0.15, 0.2) is 18.2 Å². The number of hydrogen-bond acceptors (Lipinski definition) is 5. The predicted octanol–water partition coefficient (Wildman–Crippen LogP) is 3.91. The maximum Gasteiger partial charge on any atom is 0.412 e. The second-order valence-electron chi connectivity index (χ2n) is 9.29. The van der Waals surface area contributed by atoms with Crippen LogP contribution in [0, 0.1) is 5.92 Å². The standard InChI is InChI=1S/C23H34N4O5/c1-23(2,3)32-21(29)25-18-14-17(9-10-19(18)31-4)24-20(28)16-8-7-13-27(15-16)22(30)26-11-5-6-12-26/h9-10,14,16H,5-8,11-13,15H2,1-4H3,(H,24,28)(H,25,29)/t16-/m1/s1. The first-order valence-electron chi connectivity index (χ1n) is 11.2. The molecule has 0 radical (unpaired) electrons. The number of carbonyl (C=O) groups excluding carboxylic acids is 3. The number of anilines is 2. The van der Waals surface area contributed by atoms with Gasteiger partial charge in [-0.25, -0.2) is 9.59 Å². The maximum absolute atomic E-state index is 12.9. The first-order valence-corrected chi connectivity index (χ1v) is 11.2. The minimum absolute atomic E-state index is 0.0355. The van der Waals surface area contributed by atoms with E-state index in [9.17, 15) is 14.4 Å². The zero-order chi connectivity index (χ0) is 23.3. The van der Waals surface area contributed by atoms with Gasteiger partial charge >= 0.3 is 12.1 Å². The molecule has 2 heterocycles. The van der Waals surface area contributed by atoms with Crippen LogP contribution >= 0.6 is 0 Å². The predicted molar refractivity (Wildman–Crippen MR) is 122 cm³/mol. The molecule has 1 aromatic rings. The lowest BCUT2D eigenvalue weighted by Gasteiger charge is -2.34. The van der Waals surface area contributed by atoms with Gasteiger partial charge in [0.2, 0.25) is 5.91 Å². The van der Waals surface area contributed by atoms with Crippen LogP contribution < -0.4 is 15.4 Å². The third-order valence-electron chi connectivity index (χ3n) is 5.54. The molecule has 0 unspecified atom stereocenters. The number of ether oxygens (including phenoxy) is 2. The molecule has 0 spiro atoms. The van der Waals surface area contributed by atoms with Gasteiger partial charge in [-0.3, -0.25) is 10.1 Å². The number of nitrogens with zero attached hydrogens (tertiary/aromatic N) is 2. The van der Waals surface area contributed by atoms with Gasteiger partial charge in [0.25, 0.3) is 0 Å². The fourth-order valence-electron chi connectivity index (χ4n) is 4.01. The van der Waals surface area contributed by atoms with Crippen molar-refractivity contribution in [3.63, 3.8) is 0 Å². The minimum Gasteiger partial charge on any atom is -0.495 e. The molecule has 9 nitrogen and oxygen atoms in total. The molecule has 1 atom stereocenters. The fraction of sp³-hybridized carbons (Fsp3) is 0.609. The Bertz CT molecular complexity index is 845. The molecule has 2 aliphatic heterocycles. The number of rotatable bonds is 4. The largest absolute Gasteiger partial charge is 0.495 e. The molecule has 9 heteroatoms. The van der Waals surface area contributed by atoms with Crippen molar-refractivity contribution in [3.8, 4) is 5.75 Å². The third kappa shape index (κ3) is 6.27.